The first-order chi connectivity index (χ1) is 29.8. The van der Waals surface area contributed by atoms with Gasteiger partial charge in [-0.3, -0.25) is 0 Å². The molecular formula is C58H38N2. The molecule has 0 aliphatic heterocycles. The highest BCUT2D eigenvalue weighted by molar-refractivity contribution is 6.32. The van der Waals surface area contributed by atoms with Gasteiger partial charge in [0.15, 0.2) is 0 Å². The van der Waals surface area contributed by atoms with Crippen LogP contribution in [0.1, 0.15) is 0 Å². The third-order valence-electron chi connectivity index (χ3n) is 12.3. The molecule has 0 N–H and O–H groups in total. The van der Waals surface area contributed by atoms with E-state index >= 15 is 0 Å². The van der Waals surface area contributed by atoms with Crippen LogP contribution in [0.4, 0.5) is 17.1 Å². The Bertz CT molecular complexity index is 3440. The molecule has 12 rings (SSSR count). The fraction of sp³-hybridized carbons (Fsp3) is 0. The van der Waals surface area contributed by atoms with Crippen LogP contribution in [-0.2, 0) is 0 Å². The molecule has 2 heteroatoms. The Hall–Kier alpha value is -7.94. The summed E-state index contributed by atoms with van der Waals surface area (Å²) in [5.41, 5.74) is 14.1. The number of hydrogen-bond acceptors (Lipinski definition) is 1. The summed E-state index contributed by atoms with van der Waals surface area (Å²) in [5, 5.41) is 10.3. The van der Waals surface area contributed by atoms with Crippen molar-refractivity contribution in [1.29, 1.82) is 0 Å². The van der Waals surface area contributed by atoms with Gasteiger partial charge < -0.3 is 9.47 Å². The van der Waals surface area contributed by atoms with Crippen LogP contribution in [0.15, 0.2) is 231 Å². The summed E-state index contributed by atoms with van der Waals surface area (Å²) in [6.45, 7) is 0. The highest BCUT2D eigenvalue weighted by atomic mass is 15.1. The molecule has 0 unspecified atom stereocenters. The van der Waals surface area contributed by atoms with Gasteiger partial charge in [0, 0.05) is 38.9 Å². The van der Waals surface area contributed by atoms with Crippen molar-refractivity contribution < 1.29 is 0 Å². The number of nitrogens with zero attached hydrogens (tertiary/aromatic N) is 2. The SMILES string of the molecule is c1ccc(-c2cc(-c3ccccc3)cc(N(c3ccccc3)c3ccc(-c4ccc5ccc6cc7c8ccccc8n(-c8ccccc8)c7c7ccc4c5c67)cc3)c2)cc1. The van der Waals surface area contributed by atoms with E-state index in [1.165, 1.54) is 93.2 Å². The minimum absolute atomic E-state index is 1.10. The molecule has 0 spiro atoms. The van der Waals surface area contributed by atoms with Gasteiger partial charge in [-0.2, -0.15) is 0 Å². The zero-order valence-electron chi connectivity index (χ0n) is 32.8. The Balaban J connectivity index is 1.02. The summed E-state index contributed by atoms with van der Waals surface area (Å²) in [4.78, 5) is 2.38. The maximum Gasteiger partial charge on any atom is 0.0620 e. The van der Waals surface area contributed by atoms with Crippen molar-refractivity contribution in [3.63, 3.8) is 0 Å². The van der Waals surface area contributed by atoms with Crippen LogP contribution < -0.4 is 4.90 Å². The quantitative estimate of drug-likeness (QED) is 0.147. The Kier molecular flexibility index (Phi) is 7.89. The second-order valence-electron chi connectivity index (χ2n) is 15.7. The molecule has 60 heavy (non-hydrogen) atoms. The van der Waals surface area contributed by atoms with E-state index in [9.17, 15) is 0 Å². The summed E-state index contributed by atoms with van der Waals surface area (Å²) in [5.74, 6) is 0. The molecule has 12 aromatic rings. The van der Waals surface area contributed by atoms with Crippen LogP contribution in [0.5, 0.6) is 0 Å². The lowest BCUT2D eigenvalue weighted by atomic mass is 9.89. The number of fused-ring (bicyclic) bond motifs is 4. The zero-order valence-corrected chi connectivity index (χ0v) is 32.8. The van der Waals surface area contributed by atoms with Crippen molar-refractivity contribution in [3.8, 4) is 39.1 Å². The Labute approximate surface area is 348 Å². The zero-order chi connectivity index (χ0) is 39.6. The highest BCUT2D eigenvalue weighted by Crippen LogP contribution is 2.46. The standard InChI is InChI=1S/C58H38N2/c1-5-15-39(16-6-1)44-35-45(40-17-7-2-8-18-40)37-49(36-44)59(46-19-9-3-10-20-46)48-30-27-41(28-31-48)50-32-29-42-25-26-43-38-54-51-23-13-14-24-55(51)60(47-21-11-4-12-22-47)58(54)53-34-33-52(50)56(42)57(43)53/h1-38H. The van der Waals surface area contributed by atoms with Gasteiger partial charge >= 0.3 is 0 Å². The minimum atomic E-state index is 1.10. The van der Waals surface area contributed by atoms with Crippen molar-refractivity contribution in [1.82, 2.24) is 4.57 Å². The summed E-state index contributed by atoms with van der Waals surface area (Å²) in [6.07, 6.45) is 0. The van der Waals surface area contributed by atoms with Gasteiger partial charge in [-0.15, -0.1) is 0 Å². The molecule has 1 aromatic heterocycles. The lowest BCUT2D eigenvalue weighted by molar-refractivity contribution is 1.19. The summed E-state index contributed by atoms with van der Waals surface area (Å²) >= 11 is 0. The van der Waals surface area contributed by atoms with Gasteiger partial charge in [0.1, 0.15) is 0 Å². The van der Waals surface area contributed by atoms with Gasteiger partial charge in [0.05, 0.1) is 11.0 Å². The molecule has 280 valence electrons. The molecule has 0 saturated carbocycles. The Morgan fingerprint density at radius 1 is 0.300 bits per heavy atom. The van der Waals surface area contributed by atoms with E-state index in [2.05, 4.69) is 240 Å². The number of anilines is 3. The lowest BCUT2D eigenvalue weighted by Crippen LogP contribution is -2.10. The van der Waals surface area contributed by atoms with Crippen molar-refractivity contribution >= 4 is 71.2 Å². The first-order valence-electron chi connectivity index (χ1n) is 20.7. The molecule has 0 bridgehead atoms. The topological polar surface area (TPSA) is 8.17 Å². The molecule has 0 aliphatic carbocycles. The molecule has 2 nitrogen and oxygen atoms in total. The third kappa shape index (κ3) is 5.50. The lowest BCUT2D eigenvalue weighted by Gasteiger charge is -2.27. The molecule has 11 aromatic carbocycles. The van der Waals surface area contributed by atoms with Gasteiger partial charge in [-0.05, 0) is 127 Å². The van der Waals surface area contributed by atoms with Crippen LogP contribution in [0, 0.1) is 0 Å². The maximum absolute atomic E-state index is 2.45. The van der Waals surface area contributed by atoms with E-state index in [1.807, 2.05) is 0 Å². The van der Waals surface area contributed by atoms with E-state index < -0.39 is 0 Å². The van der Waals surface area contributed by atoms with Crippen molar-refractivity contribution in [2.24, 2.45) is 0 Å². The Morgan fingerprint density at radius 2 is 0.850 bits per heavy atom. The fourth-order valence-corrected chi connectivity index (χ4v) is 9.57. The average molecular weight is 763 g/mol. The average Bonchev–Trinajstić information content (AvgIpc) is 3.66. The monoisotopic (exact) mass is 762 g/mol. The van der Waals surface area contributed by atoms with Gasteiger partial charge in [-0.25, -0.2) is 0 Å². The second kappa shape index (κ2) is 13.9. The van der Waals surface area contributed by atoms with E-state index in [1.54, 1.807) is 0 Å². The van der Waals surface area contributed by atoms with Crippen molar-refractivity contribution in [2.45, 2.75) is 0 Å². The van der Waals surface area contributed by atoms with E-state index in [-0.39, 0.29) is 0 Å². The fourth-order valence-electron chi connectivity index (χ4n) is 9.57. The summed E-state index contributed by atoms with van der Waals surface area (Å²) in [6, 6.07) is 84.1. The van der Waals surface area contributed by atoms with Crippen molar-refractivity contribution in [3.05, 3.63) is 231 Å². The molecule has 0 saturated heterocycles. The first-order valence-corrected chi connectivity index (χ1v) is 20.7. The van der Waals surface area contributed by atoms with Gasteiger partial charge in [0.2, 0.25) is 0 Å². The maximum atomic E-state index is 2.45. The van der Waals surface area contributed by atoms with Crippen LogP contribution in [0.25, 0.3) is 93.2 Å². The van der Waals surface area contributed by atoms with Gasteiger partial charge in [0.25, 0.3) is 0 Å². The molecule has 0 fully saturated rings. The van der Waals surface area contributed by atoms with Crippen LogP contribution in [0.2, 0.25) is 0 Å². The summed E-state index contributed by atoms with van der Waals surface area (Å²) in [7, 11) is 0. The highest BCUT2D eigenvalue weighted by Gasteiger charge is 2.21. The molecule has 0 amide bonds. The molecule has 0 atom stereocenters. The Morgan fingerprint density at radius 3 is 1.55 bits per heavy atom. The smallest absolute Gasteiger partial charge is 0.0620 e. The largest absolute Gasteiger partial charge is 0.310 e. The van der Waals surface area contributed by atoms with E-state index in [0.29, 0.717) is 0 Å². The van der Waals surface area contributed by atoms with Crippen LogP contribution in [0.3, 0.4) is 0 Å². The number of aromatic nitrogens is 1. The first kappa shape index (κ1) is 34.1. The predicted octanol–water partition coefficient (Wildman–Crippen LogP) is 16.2. The number of rotatable bonds is 7. The number of benzene rings is 11. The van der Waals surface area contributed by atoms with E-state index in [0.717, 1.165) is 17.1 Å². The molecule has 0 radical (unpaired) electrons. The van der Waals surface area contributed by atoms with Crippen LogP contribution >= 0.6 is 0 Å². The second-order valence-corrected chi connectivity index (χ2v) is 15.7. The van der Waals surface area contributed by atoms with Crippen molar-refractivity contribution in [2.75, 3.05) is 4.90 Å². The van der Waals surface area contributed by atoms with Crippen LogP contribution in [-0.4, -0.2) is 4.57 Å². The minimum Gasteiger partial charge on any atom is -0.310 e. The summed E-state index contributed by atoms with van der Waals surface area (Å²) < 4.78 is 2.45. The van der Waals surface area contributed by atoms with Gasteiger partial charge in [-0.1, -0.05) is 164 Å². The molecular weight excluding hydrogens is 725 g/mol. The number of hydrogen-bond donors (Lipinski definition) is 0. The normalized spacial score (nSPS) is 11.7. The van der Waals surface area contributed by atoms with E-state index in [4.69, 9.17) is 0 Å². The predicted molar refractivity (Wildman–Crippen MR) is 255 cm³/mol. The number of para-hydroxylation sites is 3. The molecule has 1 heterocycles. The third-order valence-corrected chi connectivity index (χ3v) is 12.3. The molecule has 0 aliphatic rings.